The van der Waals surface area contributed by atoms with E-state index in [9.17, 15) is 0 Å². The Kier molecular flexibility index (Phi) is 6.59. The average Bonchev–Trinajstić information content (AvgIpc) is 2.38. The quantitative estimate of drug-likeness (QED) is 0.515. The zero-order valence-electron chi connectivity index (χ0n) is 11.8. The first-order valence-corrected chi connectivity index (χ1v) is 6.55. The van der Waals surface area contributed by atoms with Gasteiger partial charge in [-0.25, -0.2) is 0 Å². The summed E-state index contributed by atoms with van der Waals surface area (Å²) < 4.78 is 0. The number of rotatable bonds is 0. The van der Waals surface area contributed by atoms with Crippen LogP contribution in [0.4, 0.5) is 0 Å². The molecule has 0 nitrogen and oxygen atoms in total. The van der Waals surface area contributed by atoms with Crippen LogP contribution in [0.1, 0.15) is 16.7 Å². The van der Waals surface area contributed by atoms with E-state index in [1.807, 2.05) is 24.3 Å². The van der Waals surface area contributed by atoms with Gasteiger partial charge in [0.05, 0.1) is 0 Å². The molecule has 1 heteroatoms. The molecular formula is C19H20Li. The van der Waals surface area contributed by atoms with Gasteiger partial charge in [-0.05, 0) is 37.6 Å². The summed E-state index contributed by atoms with van der Waals surface area (Å²) in [5.74, 6) is 0. The van der Waals surface area contributed by atoms with E-state index in [2.05, 4.69) is 63.2 Å². The SMILES string of the molecule is Cc1cc(C)cc(C)c1.[LiH].[c]1cccc2ccccc12. The van der Waals surface area contributed by atoms with Gasteiger partial charge < -0.3 is 0 Å². The molecular weight excluding hydrogens is 235 g/mol. The maximum atomic E-state index is 3.15. The minimum absolute atomic E-state index is 0. The van der Waals surface area contributed by atoms with E-state index in [1.165, 1.54) is 27.5 Å². The number of hydrogen-bond donors (Lipinski definition) is 0. The fourth-order valence-electron chi connectivity index (χ4n) is 2.27. The fourth-order valence-corrected chi connectivity index (χ4v) is 2.27. The average molecular weight is 255 g/mol. The summed E-state index contributed by atoms with van der Waals surface area (Å²) in [5, 5.41) is 2.44. The molecule has 3 rings (SSSR count). The molecule has 0 saturated carbocycles. The van der Waals surface area contributed by atoms with Gasteiger partial charge in [-0.2, -0.15) is 0 Å². The van der Waals surface area contributed by atoms with Crippen molar-refractivity contribution in [3.63, 3.8) is 0 Å². The molecule has 0 amide bonds. The van der Waals surface area contributed by atoms with Gasteiger partial charge in [0.15, 0.2) is 0 Å². The molecule has 0 saturated heterocycles. The topological polar surface area (TPSA) is 0 Å². The summed E-state index contributed by atoms with van der Waals surface area (Å²) in [5.41, 5.74) is 4.06. The van der Waals surface area contributed by atoms with Gasteiger partial charge in [-0.15, -0.1) is 0 Å². The van der Waals surface area contributed by atoms with Crippen molar-refractivity contribution in [3.05, 3.63) is 83.4 Å². The van der Waals surface area contributed by atoms with E-state index in [-0.39, 0.29) is 18.9 Å². The molecule has 0 heterocycles. The molecule has 0 aliphatic rings. The zero-order chi connectivity index (χ0) is 13.7. The third-order valence-electron chi connectivity index (χ3n) is 2.94. The van der Waals surface area contributed by atoms with Crippen LogP contribution in [-0.4, -0.2) is 18.9 Å². The van der Waals surface area contributed by atoms with Crippen LogP contribution < -0.4 is 0 Å². The summed E-state index contributed by atoms with van der Waals surface area (Å²) in [6, 6.07) is 24.0. The predicted octanol–water partition coefficient (Wildman–Crippen LogP) is 4.60. The Morgan fingerprint density at radius 2 is 1.20 bits per heavy atom. The van der Waals surface area contributed by atoms with Crippen LogP contribution in [0.3, 0.4) is 0 Å². The van der Waals surface area contributed by atoms with E-state index in [4.69, 9.17) is 0 Å². The molecule has 0 aromatic heterocycles. The van der Waals surface area contributed by atoms with Crippen LogP contribution in [0.5, 0.6) is 0 Å². The maximum absolute atomic E-state index is 3.15. The Labute approximate surface area is 134 Å². The van der Waals surface area contributed by atoms with Gasteiger partial charge in [-0.3, -0.25) is 0 Å². The number of aryl methyl sites for hydroxylation is 3. The summed E-state index contributed by atoms with van der Waals surface area (Å²) in [6.45, 7) is 6.38. The molecule has 0 N–H and O–H groups in total. The van der Waals surface area contributed by atoms with Crippen molar-refractivity contribution in [2.45, 2.75) is 20.8 Å². The molecule has 3 aromatic carbocycles. The molecule has 0 bridgehead atoms. The van der Waals surface area contributed by atoms with Gasteiger partial charge in [0.2, 0.25) is 0 Å². The second kappa shape index (κ2) is 7.95. The minimum atomic E-state index is 0. The molecule has 20 heavy (non-hydrogen) atoms. The van der Waals surface area contributed by atoms with E-state index in [0.717, 1.165) is 0 Å². The van der Waals surface area contributed by atoms with Crippen molar-refractivity contribution in [1.29, 1.82) is 0 Å². The summed E-state index contributed by atoms with van der Waals surface area (Å²) >= 11 is 0. The first-order valence-electron chi connectivity index (χ1n) is 6.55. The normalized spacial score (nSPS) is 9.35. The van der Waals surface area contributed by atoms with Crippen LogP contribution in [-0.2, 0) is 0 Å². The number of hydrogen-bond acceptors (Lipinski definition) is 0. The van der Waals surface area contributed by atoms with Crippen molar-refractivity contribution < 1.29 is 0 Å². The van der Waals surface area contributed by atoms with Crippen LogP contribution >= 0.6 is 0 Å². The summed E-state index contributed by atoms with van der Waals surface area (Å²) in [6.07, 6.45) is 0. The second-order valence-corrected chi connectivity index (χ2v) is 4.92. The Bertz CT molecular complexity index is 555. The monoisotopic (exact) mass is 255 g/mol. The summed E-state index contributed by atoms with van der Waals surface area (Å²) in [4.78, 5) is 0. The van der Waals surface area contributed by atoms with Crippen LogP contribution in [0.15, 0.2) is 60.7 Å². The Hall–Kier alpha value is -1.48. The third-order valence-corrected chi connectivity index (χ3v) is 2.94. The van der Waals surface area contributed by atoms with Crippen LogP contribution in [0, 0.1) is 26.8 Å². The van der Waals surface area contributed by atoms with Crippen molar-refractivity contribution in [3.8, 4) is 0 Å². The van der Waals surface area contributed by atoms with Crippen molar-refractivity contribution in [2.75, 3.05) is 0 Å². The molecule has 0 spiro atoms. The van der Waals surface area contributed by atoms with Gasteiger partial charge in [0.1, 0.15) is 0 Å². The number of fused-ring (bicyclic) bond motifs is 1. The van der Waals surface area contributed by atoms with Gasteiger partial charge >= 0.3 is 18.9 Å². The minimum Gasteiger partial charge on any atom is -0.0616 e. The third kappa shape index (κ3) is 4.89. The Morgan fingerprint density at radius 1 is 0.700 bits per heavy atom. The number of benzene rings is 3. The molecule has 0 fully saturated rings. The Balaban J connectivity index is 0.000000192. The molecule has 3 aromatic rings. The summed E-state index contributed by atoms with van der Waals surface area (Å²) in [7, 11) is 0. The maximum Gasteiger partial charge on any atom is -0.00992 e. The first-order chi connectivity index (χ1) is 9.15. The van der Waals surface area contributed by atoms with E-state index in [0.29, 0.717) is 0 Å². The van der Waals surface area contributed by atoms with Crippen molar-refractivity contribution >= 4 is 29.6 Å². The molecule has 0 atom stereocenters. The smallest absolute Gasteiger partial charge is 0.00992 e. The molecule has 0 unspecified atom stereocenters. The van der Waals surface area contributed by atoms with E-state index >= 15 is 0 Å². The Morgan fingerprint density at radius 3 is 1.75 bits per heavy atom. The van der Waals surface area contributed by atoms with Gasteiger partial charge in [0, 0.05) is 0 Å². The van der Waals surface area contributed by atoms with E-state index < -0.39 is 0 Å². The standard InChI is InChI=1S/C10H7.C9H12.Li.H/c1-2-6-10-8-4-3-7-9(10)5-1;1-7-4-8(2)6-9(3)5-7;;/h1-7H;4-6H,1-3H3;;. The van der Waals surface area contributed by atoms with Crippen molar-refractivity contribution in [2.24, 2.45) is 0 Å². The fraction of sp³-hybridized carbons (Fsp3) is 0.158. The largest absolute Gasteiger partial charge is 0.0616 e. The van der Waals surface area contributed by atoms with Gasteiger partial charge in [0.25, 0.3) is 0 Å². The van der Waals surface area contributed by atoms with Crippen LogP contribution in [0.25, 0.3) is 10.8 Å². The molecule has 0 aliphatic carbocycles. The molecule has 0 aliphatic heterocycles. The first kappa shape index (κ1) is 16.6. The predicted molar refractivity (Wildman–Crippen MR) is 90.6 cm³/mol. The molecule has 1 radical (unpaired) electrons. The molecule has 97 valence electrons. The van der Waals surface area contributed by atoms with Crippen molar-refractivity contribution in [1.82, 2.24) is 0 Å². The zero-order valence-corrected chi connectivity index (χ0v) is 11.8. The van der Waals surface area contributed by atoms with Crippen LogP contribution in [0.2, 0.25) is 0 Å². The van der Waals surface area contributed by atoms with E-state index in [1.54, 1.807) is 0 Å². The second-order valence-electron chi connectivity index (χ2n) is 4.92. The van der Waals surface area contributed by atoms with Gasteiger partial charge in [-0.1, -0.05) is 77.4 Å².